The number of nitrogens with one attached hydrogen (secondary N) is 2. The molecule has 7 nitrogen and oxygen atoms in total. The summed E-state index contributed by atoms with van der Waals surface area (Å²) in [5.41, 5.74) is -0.641. The third-order valence-corrected chi connectivity index (χ3v) is 4.68. The number of alkyl carbamates (subject to hydrolysis) is 1. The summed E-state index contributed by atoms with van der Waals surface area (Å²) in [6, 6.07) is -1.07. The molecule has 0 aromatic heterocycles. The molecule has 0 bridgehead atoms. The summed E-state index contributed by atoms with van der Waals surface area (Å²) in [5.74, 6) is -0.414. The number of ether oxygens (including phenoxy) is 2. The number of esters is 1. The molecular weight excluding hydrogens is 360 g/mol. The lowest BCUT2D eigenvalue weighted by Crippen LogP contribution is -2.52. The van der Waals surface area contributed by atoms with Crippen molar-refractivity contribution in [2.24, 2.45) is 11.8 Å². The summed E-state index contributed by atoms with van der Waals surface area (Å²) in [4.78, 5) is 36.4. The topological polar surface area (TPSA) is 93.7 Å². The fourth-order valence-corrected chi connectivity index (χ4v) is 3.12. The first-order chi connectivity index (χ1) is 12.9. The number of allylic oxidation sites excluding steroid dienone is 1. The molecule has 2 N–H and O–H groups in total. The van der Waals surface area contributed by atoms with Crippen molar-refractivity contribution in [1.82, 2.24) is 10.6 Å². The van der Waals surface area contributed by atoms with Gasteiger partial charge in [-0.15, -0.1) is 6.58 Å². The van der Waals surface area contributed by atoms with Gasteiger partial charge < -0.3 is 20.1 Å². The Balaban J connectivity index is 2.72. The third kappa shape index (κ3) is 8.31. The van der Waals surface area contributed by atoms with E-state index in [9.17, 15) is 14.4 Å². The minimum atomic E-state index is -0.768. The summed E-state index contributed by atoms with van der Waals surface area (Å²) in [7, 11) is 0. The van der Waals surface area contributed by atoms with Crippen molar-refractivity contribution in [1.29, 1.82) is 0 Å². The van der Waals surface area contributed by atoms with Gasteiger partial charge in [-0.3, -0.25) is 9.59 Å². The first-order valence-electron chi connectivity index (χ1n) is 10.0. The van der Waals surface area contributed by atoms with E-state index in [1.54, 1.807) is 27.7 Å². The van der Waals surface area contributed by atoms with Crippen molar-refractivity contribution in [2.75, 3.05) is 0 Å². The first kappa shape index (κ1) is 24.0. The van der Waals surface area contributed by atoms with Crippen molar-refractivity contribution in [3.8, 4) is 0 Å². The SMILES string of the molecule is C=CCC[C@@H](C)CC(NC(=O)[C@H](C)NC(=O)OC(C)(C)C)[C@@H]1C[C@@H](C)C(=O)O1. The summed E-state index contributed by atoms with van der Waals surface area (Å²) >= 11 is 0. The van der Waals surface area contributed by atoms with Crippen molar-refractivity contribution in [3.63, 3.8) is 0 Å². The molecule has 1 rings (SSSR count). The van der Waals surface area contributed by atoms with Gasteiger partial charge >= 0.3 is 12.1 Å². The van der Waals surface area contributed by atoms with E-state index < -0.39 is 17.7 Å². The fourth-order valence-electron chi connectivity index (χ4n) is 3.12. The number of hydrogen-bond donors (Lipinski definition) is 2. The van der Waals surface area contributed by atoms with Gasteiger partial charge in [0, 0.05) is 0 Å². The molecule has 1 fully saturated rings. The van der Waals surface area contributed by atoms with Crippen molar-refractivity contribution < 1.29 is 23.9 Å². The zero-order valence-electron chi connectivity index (χ0n) is 18.0. The second-order valence-corrected chi connectivity index (χ2v) is 8.80. The zero-order valence-corrected chi connectivity index (χ0v) is 18.0. The maximum Gasteiger partial charge on any atom is 0.408 e. The predicted molar refractivity (Wildman–Crippen MR) is 108 cm³/mol. The van der Waals surface area contributed by atoms with E-state index in [-0.39, 0.29) is 29.9 Å². The van der Waals surface area contributed by atoms with E-state index in [0.717, 1.165) is 12.8 Å². The van der Waals surface area contributed by atoms with Crippen LogP contribution in [0.3, 0.4) is 0 Å². The molecule has 0 aromatic rings. The van der Waals surface area contributed by atoms with Crippen LogP contribution in [0.15, 0.2) is 12.7 Å². The van der Waals surface area contributed by atoms with Gasteiger partial charge in [-0.05, 0) is 59.3 Å². The highest BCUT2D eigenvalue weighted by Crippen LogP contribution is 2.27. The Morgan fingerprint density at radius 2 is 1.96 bits per heavy atom. The number of rotatable bonds is 9. The summed E-state index contributed by atoms with van der Waals surface area (Å²) < 4.78 is 10.7. The largest absolute Gasteiger partial charge is 0.460 e. The molecule has 5 atom stereocenters. The molecule has 1 saturated heterocycles. The van der Waals surface area contributed by atoms with Crippen LogP contribution >= 0.6 is 0 Å². The highest BCUT2D eigenvalue weighted by molar-refractivity contribution is 5.85. The average Bonchev–Trinajstić information content (AvgIpc) is 2.89. The Hall–Kier alpha value is -2.05. The van der Waals surface area contributed by atoms with Crippen LogP contribution < -0.4 is 10.6 Å². The summed E-state index contributed by atoms with van der Waals surface area (Å²) in [6.07, 6.45) is 3.96. The fraction of sp³-hybridized carbons (Fsp3) is 0.762. The maximum absolute atomic E-state index is 12.6. The Bertz CT molecular complexity index is 570. The van der Waals surface area contributed by atoms with Gasteiger partial charge in [-0.25, -0.2) is 4.79 Å². The zero-order chi connectivity index (χ0) is 21.5. The van der Waals surface area contributed by atoms with Gasteiger partial charge in [0.15, 0.2) is 0 Å². The quantitative estimate of drug-likeness (QED) is 0.461. The molecule has 1 unspecified atom stereocenters. The number of hydrogen-bond acceptors (Lipinski definition) is 5. The Labute approximate surface area is 168 Å². The van der Waals surface area contributed by atoms with E-state index >= 15 is 0 Å². The molecule has 2 amide bonds. The van der Waals surface area contributed by atoms with Crippen molar-refractivity contribution in [2.45, 2.75) is 91.0 Å². The lowest BCUT2D eigenvalue weighted by atomic mass is 9.91. The maximum atomic E-state index is 12.6. The Morgan fingerprint density at radius 3 is 2.46 bits per heavy atom. The van der Waals surface area contributed by atoms with Crippen LogP contribution in [-0.4, -0.2) is 41.8 Å². The second kappa shape index (κ2) is 10.5. The number of carbonyl (C=O) groups excluding carboxylic acids is 3. The van der Waals surface area contributed by atoms with E-state index in [1.165, 1.54) is 0 Å². The molecule has 0 radical (unpaired) electrons. The normalized spacial score (nSPS) is 22.6. The van der Waals surface area contributed by atoms with E-state index in [4.69, 9.17) is 9.47 Å². The molecule has 28 heavy (non-hydrogen) atoms. The van der Waals surface area contributed by atoms with E-state index in [1.807, 2.05) is 13.0 Å². The van der Waals surface area contributed by atoms with Crippen molar-refractivity contribution in [3.05, 3.63) is 12.7 Å². The van der Waals surface area contributed by atoms with Gasteiger partial charge in [-0.1, -0.05) is 19.9 Å². The molecular formula is C21H36N2O5. The van der Waals surface area contributed by atoms with Crippen molar-refractivity contribution >= 4 is 18.0 Å². The Kier molecular flexibility index (Phi) is 8.98. The number of carbonyl (C=O) groups is 3. The number of amides is 2. The predicted octanol–water partition coefficient (Wildman–Crippen LogP) is 3.33. The monoisotopic (exact) mass is 396 g/mol. The molecule has 7 heteroatoms. The summed E-state index contributed by atoms with van der Waals surface area (Å²) in [6.45, 7) is 14.5. The van der Waals surface area contributed by atoms with Crippen LogP contribution in [0, 0.1) is 11.8 Å². The van der Waals surface area contributed by atoms with Gasteiger partial charge in [0.1, 0.15) is 17.7 Å². The molecule has 0 aliphatic carbocycles. The lowest BCUT2D eigenvalue weighted by molar-refractivity contribution is -0.145. The standard InChI is InChI=1S/C21H36N2O5/c1-8-9-10-13(2)11-16(17-12-14(3)19(25)27-17)23-18(24)15(4)22-20(26)28-21(5,6)7/h8,13-17H,1,9-12H2,2-7H3,(H,22,26)(H,23,24)/t13-,14-,15+,16?,17+/m1/s1. The van der Waals surface area contributed by atoms with Crippen LogP contribution in [0.4, 0.5) is 4.79 Å². The molecule has 160 valence electrons. The molecule has 1 aliphatic rings. The minimum absolute atomic E-state index is 0.176. The van der Waals surface area contributed by atoms with E-state index in [0.29, 0.717) is 18.8 Å². The van der Waals surface area contributed by atoms with Crippen LogP contribution in [0.2, 0.25) is 0 Å². The third-order valence-electron chi connectivity index (χ3n) is 4.68. The van der Waals surface area contributed by atoms with Gasteiger partial charge in [0.05, 0.1) is 12.0 Å². The van der Waals surface area contributed by atoms with Crippen LogP contribution in [0.5, 0.6) is 0 Å². The highest BCUT2D eigenvalue weighted by Gasteiger charge is 2.38. The molecule has 1 aliphatic heterocycles. The smallest absolute Gasteiger partial charge is 0.408 e. The number of cyclic esters (lactones) is 1. The van der Waals surface area contributed by atoms with Crippen LogP contribution in [-0.2, 0) is 19.1 Å². The molecule has 0 saturated carbocycles. The molecule has 1 heterocycles. The first-order valence-corrected chi connectivity index (χ1v) is 10.0. The van der Waals surface area contributed by atoms with Gasteiger partial charge in [0.25, 0.3) is 0 Å². The summed E-state index contributed by atoms with van der Waals surface area (Å²) in [5, 5.41) is 5.51. The lowest BCUT2D eigenvalue weighted by Gasteiger charge is -2.28. The molecule has 0 spiro atoms. The van der Waals surface area contributed by atoms with Crippen LogP contribution in [0.1, 0.15) is 67.2 Å². The van der Waals surface area contributed by atoms with E-state index in [2.05, 4.69) is 24.1 Å². The second-order valence-electron chi connectivity index (χ2n) is 8.80. The minimum Gasteiger partial charge on any atom is -0.460 e. The molecule has 0 aromatic carbocycles. The average molecular weight is 397 g/mol. The highest BCUT2D eigenvalue weighted by atomic mass is 16.6. The van der Waals surface area contributed by atoms with Gasteiger partial charge in [0.2, 0.25) is 5.91 Å². The van der Waals surface area contributed by atoms with Gasteiger partial charge in [-0.2, -0.15) is 0 Å². The Morgan fingerprint density at radius 1 is 1.32 bits per heavy atom. The van der Waals surface area contributed by atoms with Crippen LogP contribution in [0.25, 0.3) is 0 Å².